The van der Waals surface area contributed by atoms with E-state index >= 15 is 0 Å². The molecule has 12 heavy (non-hydrogen) atoms. The Balaban J connectivity index is 0.00000121. The largest absolute Gasteiger partial charge is 0.255 e. The van der Waals surface area contributed by atoms with Crippen molar-refractivity contribution in [2.24, 2.45) is 0 Å². The fourth-order valence-electron chi connectivity index (χ4n) is 0.721. The van der Waals surface area contributed by atoms with Crippen molar-refractivity contribution in [1.82, 2.24) is 0 Å². The lowest BCUT2D eigenvalue weighted by atomic mass is 10.2. The van der Waals surface area contributed by atoms with Crippen LogP contribution >= 0.6 is 0 Å². The van der Waals surface area contributed by atoms with Gasteiger partial charge in [0.15, 0.2) is 0 Å². The number of benzene rings is 1. The number of hydrogen-bond acceptors (Lipinski definition) is 2. The minimum Gasteiger partial charge on any atom is -0.255 e. The summed E-state index contributed by atoms with van der Waals surface area (Å²) in [7, 11) is -0.949. The van der Waals surface area contributed by atoms with Gasteiger partial charge < -0.3 is 0 Å². The maximum Gasteiger partial charge on any atom is 0.0991 e. The highest BCUT2D eigenvalue weighted by molar-refractivity contribution is 7.84. The molecule has 1 rings (SSSR count). The van der Waals surface area contributed by atoms with Crippen molar-refractivity contribution in [3.63, 3.8) is 0 Å². The van der Waals surface area contributed by atoms with Crippen LogP contribution < -0.4 is 0 Å². The number of hydrogen-bond donors (Lipinski definition) is 0. The molecule has 0 N–H and O–H groups in total. The van der Waals surface area contributed by atoms with Crippen LogP contribution in [0.1, 0.15) is 13.0 Å². The Kier molecular flexibility index (Phi) is 4.24. The number of nitriles is 1. The van der Waals surface area contributed by atoms with E-state index in [1.165, 1.54) is 0 Å². The molecule has 0 saturated heterocycles. The Morgan fingerprint density at radius 3 is 2.17 bits per heavy atom. The highest BCUT2D eigenvalue weighted by Gasteiger charge is 1.95. The quantitative estimate of drug-likeness (QED) is 0.664. The van der Waals surface area contributed by atoms with E-state index in [9.17, 15) is 4.21 Å². The molecular formula is C9H11NOS. The monoisotopic (exact) mass is 181 g/mol. The van der Waals surface area contributed by atoms with Gasteiger partial charge in [-0.2, -0.15) is 5.26 Å². The zero-order chi connectivity index (χ0) is 8.27. The standard InChI is InChI=1S/C8H7NOS.CH4/c1-11(10)8-4-2-7(6-9)3-5-8;/h2-5H,1H3;1H4. The minimum absolute atomic E-state index is 0. The lowest BCUT2D eigenvalue weighted by molar-refractivity contribution is 0.687. The molecule has 0 aliphatic heterocycles. The second kappa shape index (κ2) is 4.68. The zero-order valence-electron chi connectivity index (χ0n) is 6.07. The van der Waals surface area contributed by atoms with Crippen LogP contribution in [0.25, 0.3) is 0 Å². The van der Waals surface area contributed by atoms with Crippen LogP contribution in [0.3, 0.4) is 0 Å². The molecule has 3 heteroatoms. The molecule has 0 aromatic heterocycles. The van der Waals surface area contributed by atoms with Gasteiger partial charge >= 0.3 is 0 Å². The lowest BCUT2D eigenvalue weighted by Crippen LogP contribution is -1.86. The van der Waals surface area contributed by atoms with Gasteiger partial charge in [0, 0.05) is 22.0 Å². The Morgan fingerprint density at radius 1 is 1.33 bits per heavy atom. The maximum atomic E-state index is 10.9. The molecule has 0 bridgehead atoms. The highest BCUT2D eigenvalue weighted by Crippen LogP contribution is 2.05. The molecule has 0 amide bonds. The fourth-order valence-corrected chi connectivity index (χ4v) is 1.24. The first-order valence-corrected chi connectivity index (χ1v) is 4.63. The molecule has 2 nitrogen and oxygen atoms in total. The zero-order valence-corrected chi connectivity index (χ0v) is 6.89. The van der Waals surface area contributed by atoms with Crippen molar-refractivity contribution in [1.29, 1.82) is 5.26 Å². The van der Waals surface area contributed by atoms with Crippen LogP contribution in [-0.2, 0) is 10.8 Å². The summed E-state index contributed by atoms with van der Waals surface area (Å²) in [5, 5.41) is 8.44. The van der Waals surface area contributed by atoms with Crippen LogP contribution in [-0.4, -0.2) is 10.5 Å². The predicted molar refractivity (Wildman–Crippen MR) is 50.2 cm³/mol. The normalized spacial score (nSPS) is 11.0. The lowest BCUT2D eigenvalue weighted by Gasteiger charge is -1.93. The average Bonchev–Trinajstić information content (AvgIpc) is 2.05. The van der Waals surface area contributed by atoms with Gasteiger partial charge in [0.25, 0.3) is 0 Å². The third-order valence-electron chi connectivity index (χ3n) is 1.32. The van der Waals surface area contributed by atoms with E-state index in [0.29, 0.717) is 5.56 Å². The SMILES string of the molecule is C.CS(=O)c1ccc(C#N)cc1. The van der Waals surface area contributed by atoms with Gasteiger partial charge in [-0.1, -0.05) is 7.43 Å². The molecular weight excluding hydrogens is 170 g/mol. The van der Waals surface area contributed by atoms with Crippen molar-refractivity contribution >= 4 is 10.8 Å². The smallest absolute Gasteiger partial charge is 0.0991 e. The minimum atomic E-state index is -0.949. The third-order valence-corrected chi connectivity index (χ3v) is 2.25. The van der Waals surface area contributed by atoms with Crippen LogP contribution in [0.2, 0.25) is 0 Å². The van der Waals surface area contributed by atoms with Crippen LogP contribution in [0.5, 0.6) is 0 Å². The first-order chi connectivity index (χ1) is 5.24. The summed E-state index contributed by atoms with van der Waals surface area (Å²) in [6, 6.07) is 8.73. The highest BCUT2D eigenvalue weighted by atomic mass is 32.2. The molecule has 1 atom stereocenters. The Bertz CT molecular complexity index is 310. The summed E-state index contributed by atoms with van der Waals surface area (Å²) >= 11 is 0. The van der Waals surface area contributed by atoms with Crippen molar-refractivity contribution in [2.75, 3.05) is 6.26 Å². The van der Waals surface area contributed by atoms with E-state index in [0.717, 1.165) is 4.90 Å². The van der Waals surface area contributed by atoms with E-state index < -0.39 is 10.8 Å². The van der Waals surface area contributed by atoms with Gasteiger partial charge in [-0.05, 0) is 24.3 Å². The second-order valence-electron chi connectivity index (χ2n) is 2.09. The van der Waals surface area contributed by atoms with Gasteiger partial charge in [-0.25, -0.2) is 0 Å². The number of rotatable bonds is 1. The molecule has 64 valence electrons. The maximum absolute atomic E-state index is 10.9. The predicted octanol–water partition coefficient (Wildman–Crippen LogP) is 1.93. The first kappa shape index (κ1) is 10.9. The van der Waals surface area contributed by atoms with Gasteiger partial charge in [0.2, 0.25) is 0 Å². The summed E-state index contributed by atoms with van der Waals surface area (Å²) < 4.78 is 10.9. The molecule has 0 aliphatic carbocycles. The molecule has 0 spiro atoms. The van der Waals surface area contributed by atoms with E-state index in [-0.39, 0.29) is 7.43 Å². The Hall–Kier alpha value is -1.14. The summed E-state index contributed by atoms with van der Waals surface area (Å²) in [5.41, 5.74) is 0.596. The van der Waals surface area contributed by atoms with Crippen LogP contribution in [0, 0.1) is 11.3 Å². The molecule has 0 heterocycles. The molecule has 0 saturated carbocycles. The van der Waals surface area contributed by atoms with Gasteiger partial charge in [-0.15, -0.1) is 0 Å². The summed E-state index contributed by atoms with van der Waals surface area (Å²) in [6.45, 7) is 0. The molecule has 1 aromatic rings. The first-order valence-electron chi connectivity index (χ1n) is 3.07. The molecule has 0 radical (unpaired) electrons. The van der Waals surface area contributed by atoms with Crippen molar-refractivity contribution in [3.8, 4) is 6.07 Å². The molecule has 0 aliphatic rings. The van der Waals surface area contributed by atoms with E-state index in [2.05, 4.69) is 0 Å². The molecule has 1 aromatic carbocycles. The summed E-state index contributed by atoms with van der Waals surface area (Å²) in [4.78, 5) is 0.754. The fraction of sp³-hybridized carbons (Fsp3) is 0.222. The Morgan fingerprint density at radius 2 is 1.83 bits per heavy atom. The number of nitrogens with zero attached hydrogens (tertiary/aromatic N) is 1. The summed E-state index contributed by atoms with van der Waals surface area (Å²) in [5.74, 6) is 0. The van der Waals surface area contributed by atoms with E-state index in [1.54, 1.807) is 30.5 Å². The van der Waals surface area contributed by atoms with Gasteiger partial charge in [0.1, 0.15) is 0 Å². The van der Waals surface area contributed by atoms with Gasteiger partial charge in [0.05, 0.1) is 11.6 Å². The summed E-state index contributed by atoms with van der Waals surface area (Å²) in [6.07, 6.45) is 1.61. The van der Waals surface area contributed by atoms with E-state index in [1.807, 2.05) is 6.07 Å². The molecule has 0 fully saturated rings. The van der Waals surface area contributed by atoms with Crippen molar-refractivity contribution < 1.29 is 4.21 Å². The second-order valence-corrected chi connectivity index (χ2v) is 3.47. The van der Waals surface area contributed by atoms with E-state index in [4.69, 9.17) is 5.26 Å². The van der Waals surface area contributed by atoms with Crippen LogP contribution in [0.4, 0.5) is 0 Å². The van der Waals surface area contributed by atoms with Gasteiger partial charge in [-0.3, -0.25) is 4.21 Å². The Labute approximate surface area is 75.3 Å². The third kappa shape index (κ3) is 2.48. The topological polar surface area (TPSA) is 40.9 Å². The van der Waals surface area contributed by atoms with Crippen molar-refractivity contribution in [3.05, 3.63) is 29.8 Å². The van der Waals surface area contributed by atoms with Crippen molar-refractivity contribution in [2.45, 2.75) is 12.3 Å². The van der Waals surface area contributed by atoms with Crippen LogP contribution in [0.15, 0.2) is 29.2 Å². The molecule has 1 unspecified atom stereocenters. The average molecular weight is 181 g/mol.